The largest absolute Gasteiger partial charge is 0.479 e. The van der Waals surface area contributed by atoms with Crippen LogP contribution in [0.15, 0.2) is 24.3 Å². The number of amides is 1. The molecule has 1 aliphatic carbocycles. The van der Waals surface area contributed by atoms with Gasteiger partial charge < -0.3 is 10.0 Å². The molecule has 0 unspecified atom stereocenters. The van der Waals surface area contributed by atoms with Crippen LogP contribution < -0.4 is 0 Å². The number of nitrogens with zero attached hydrogens (tertiary/aromatic N) is 3. The fourth-order valence-corrected chi connectivity index (χ4v) is 3.75. The van der Waals surface area contributed by atoms with Gasteiger partial charge in [-0.1, -0.05) is 37.5 Å². The Labute approximate surface area is 141 Å². The topological polar surface area (TPSA) is 75.4 Å². The van der Waals surface area contributed by atoms with Crippen molar-refractivity contribution in [1.82, 2.24) is 14.7 Å². The molecule has 1 amide bonds. The Morgan fingerprint density at radius 1 is 1.25 bits per heavy atom. The van der Waals surface area contributed by atoms with E-state index in [2.05, 4.69) is 5.10 Å². The van der Waals surface area contributed by atoms with Crippen LogP contribution in [0.4, 0.5) is 0 Å². The van der Waals surface area contributed by atoms with Gasteiger partial charge in [0.15, 0.2) is 0 Å². The van der Waals surface area contributed by atoms with E-state index in [1.807, 2.05) is 31.3 Å². The van der Waals surface area contributed by atoms with Crippen molar-refractivity contribution in [2.45, 2.75) is 44.1 Å². The zero-order valence-corrected chi connectivity index (χ0v) is 14.2. The highest BCUT2D eigenvalue weighted by molar-refractivity contribution is 5.91. The Hall–Kier alpha value is -2.37. The lowest BCUT2D eigenvalue weighted by Crippen LogP contribution is -2.56. The van der Waals surface area contributed by atoms with Gasteiger partial charge in [0.05, 0.1) is 17.6 Å². The first-order chi connectivity index (χ1) is 11.5. The van der Waals surface area contributed by atoms with Crippen molar-refractivity contribution in [3.05, 3.63) is 30.0 Å². The third-order valence-corrected chi connectivity index (χ3v) is 5.25. The van der Waals surface area contributed by atoms with Crippen molar-refractivity contribution in [3.63, 3.8) is 0 Å². The maximum Gasteiger partial charge on any atom is 0.329 e. The van der Waals surface area contributed by atoms with Crippen molar-refractivity contribution >= 4 is 22.8 Å². The van der Waals surface area contributed by atoms with Crippen molar-refractivity contribution in [2.24, 2.45) is 7.05 Å². The summed E-state index contributed by atoms with van der Waals surface area (Å²) in [6.07, 6.45) is 3.88. The molecule has 1 fully saturated rings. The third-order valence-electron chi connectivity index (χ3n) is 5.25. The number of carboxylic acids is 1. The zero-order valence-electron chi connectivity index (χ0n) is 14.2. The number of para-hydroxylation sites is 1. The number of carboxylic acid groups (broad SMARTS) is 1. The van der Waals surface area contributed by atoms with Gasteiger partial charge in [-0.2, -0.15) is 5.10 Å². The van der Waals surface area contributed by atoms with E-state index in [9.17, 15) is 14.7 Å². The Morgan fingerprint density at radius 3 is 2.58 bits per heavy atom. The van der Waals surface area contributed by atoms with Crippen molar-refractivity contribution in [1.29, 1.82) is 0 Å². The van der Waals surface area contributed by atoms with E-state index in [1.54, 1.807) is 11.7 Å². The van der Waals surface area contributed by atoms with E-state index in [-0.39, 0.29) is 12.3 Å². The van der Waals surface area contributed by atoms with Gasteiger partial charge in [0.25, 0.3) is 0 Å². The normalized spacial score (nSPS) is 16.9. The Bertz CT molecular complexity index is 775. The highest BCUT2D eigenvalue weighted by Gasteiger charge is 2.45. The number of hydrogen-bond donors (Lipinski definition) is 1. The summed E-state index contributed by atoms with van der Waals surface area (Å²) in [6.45, 7) is 0. The summed E-state index contributed by atoms with van der Waals surface area (Å²) in [5, 5.41) is 15.1. The van der Waals surface area contributed by atoms with Crippen molar-refractivity contribution in [3.8, 4) is 0 Å². The van der Waals surface area contributed by atoms with E-state index >= 15 is 0 Å². The number of likely N-dealkylation sites (N-methyl/N-ethyl adjacent to an activating group) is 1. The summed E-state index contributed by atoms with van der Waals surface area (Å²) in [5.74, 6) is -1.09. The van der Waals surface area contributed by atoms with Gasteiger partial charge in [0.1, 0.15) is 5.54 Å². The maximum absolute atomic E-state index is 12.8. The molecule has 24 heavy (non-hydrogen) atoms. The molecule has 0 atom stereocenters. The first-order valence-corrected chi connectivity index (χ1v) is 8.36. The minimum absolute atomic E-state index is 0.118. The number of fused-ring (bicyclic) bond motifs is 1. The second-order valence-corrected chi connectivity index (χ2v) is 6.61. The van der Waals surface area contributed by atoms with Gasteiger partial charge in [-0.3, -0.25) is 9.48 Å². The minimum atomic E-state index is -1.07. The van der Waals surface area contributed by atoms with E-state index in [0.717, 1.165) is 30.2 Å². The molecule has 2 aromatic rings. The van der Waals surface area contributed by atoms with Gasteiger partial charge in [-0.15, -0.1) is 0 Å². The van der Waals surface area contributed by atoms with Crippen LogP contribution in [-0.4, -0.2) is 44.3 Å². The molecular formula is C18H23N3O3. The van der Waals surface area contributed by atoms with E-state index in [1.165, 1.54) is 4.90 Å². The number of carbonyl (C=O) groups excluding carboxylic acids is 1. The Kier molecular flexibility index (Phi) is 4.30. The van der Waals surface area contributed by atoms with E-state index in [4.69, 9.17) is 0 Å². The fourth-order valence-electron chi connectivity index (χ4n) is 3.75. The number of aromatic nitrogens is 2. The molecule has 0 bridgehead atoms. The van der Waals surface area contributed by atoms with Gasteiger partial charge in [-0.05, 0) is 18.9 Å². The molecule has 1 N–H and O–H groups in total. The molecule has 3 rings (SSSR count). The molecule has 1 aromatic carbocycles. The van der Waals surface area contributed by atoms with E-state index < -0.39 is 11.5 Å². The third kappa shape index (κ3) is 2.66. The van der Waals surface area contributed by atoms with Gasteiger partial charge in [-0.25, -0.2) is 4.79 Å². The van der Waals surface area contributed by atoms with Crippen LogP contribution in [-0.2, 0) is 23.1 Å². The maximum atomic E-state index is 12.8. The molecule has 0 aliphatic heterocycles. The summed E-state index contributed by atoms with van der Waals surface area (Å²) in [7, 11) is 3.47. The Morgan fingerprint density at radius 2 is 1.92 bits per heavy atom. The molecule has 0 radical (unpaired) electrons. The lowest BCUT2D eigenvalue weighted by Gasteiger charge is -2.41. The number of carbonyl (C=O) groups is 2. The van der Waals surface area contributed by atoms with Crippen molar-refractivity contribution in [2.75, 3.05) is 7.05 Å². The standard InChI is InChI=1S/C18H23N3O3/c1-20(18(17(23)24)10-6-3-7-11-18)16(22)12-14-13-8-4-5-9-15(13)21(2)19-14/h4-5,8-9H,3,6-7,10-12H2,1-2H3,(H,23,24). The van der Waals surface area contributed by atoms with Crippen LogP contribution in [0.3, 0.4) is 0 Å². The predicted molar refractivity (Wildman–Crippen MR) is 90.6 cm³/mol. The number of aliphatic carboxylic acids is 1. The monoisotopic (exact) mass is 329 g/mol. The fraction of sp³-hybridized carbons (Fsp3) is 0.500. The molecule has 1 aliphatic rings. The lowest BCUT2D eigenvalue weighted by molar-refractivity contribution is -0.160. The zero-order chi connectivity index (χ0) is 17.3. The van der Waals surface area contributed by atoms with E-state index in [0.29, 0.717) is 18.5 Å². The molecule has 1 aromatic heterocycles. The second-order valence-electron chi connectivity index (χ2n) is 6.61. The smallest absolute Gasteiger partial charge is 0.329 e. The lowest BCUT2D eigenvalue weighted by atomic mass is 9.80. The molecule has 0 spiro atoms. The van der Waals surface area contributed by atoms with Crippen LogP contribution in [0.1, 0.15) is 37.8 Å². The van der Waals surface area contributed by atoms with Crippen LogP contribution in [0.2, 0.25) is 0 Å². The summed E-state index contributed by atoms with van der Waals surface area (Å²) in [4.78, 5) is 26.1. The average Bonchev–Trinajstić information content (AvgIpc) is 2.91. The number of aryl methyl sites for hydroxylation is 1. The number of hydrogen-bond acceptors (Lipinski definition) is 3. The van der Waals surface area contributed by atoms with Gasteiger partial charge in [0, 0.05) is 19.5 Å². The Balaban J connectivity index is 1.86. The second kappa shape index (κ2) is 6.26. The number of rotatable bonds is 4. The SMILES string of the molecule is CN(C(=O)Cc1nn(C)c2ccccc12)C1(C(=O)O)CCCCC1. The van der Waals surface area contributed by atoms with Crippen LogP contribution in [0.25, 0.3) is 10.9 Å². The number of benzene rings is 1. The molecular weight excluding hydrogens is 306 g/mol. The summed E-state index contributed by atoms with van der Waals surface area (Å²) < 4.78 is 1.76. The molecule has 6 heteroatoms. The highest BCUT2D eigenvalue weighted by Crippen LogP contribution is 2.34. The highest BCUT2D eigenvalue weighted by atomic mass is 16.4. The predicted octanol–water partition coefficient (Wildman–Crippen LogP) is 2.36. The quantitative estimate of drug-likeness (QED) is 0.934. The minimum Gasteiger partial charge on any atom is -0.479 e. The summed E-state index contributed by atoms with van der Waals surface area (Å²) >= 11 is 0. The van der Waals surface area contributed by atoms with Gasteiger partial charge in [0.2, 0.25) is 5.91 Å². The molecule has 0 saturated heterocycles. The molecule has 128 valence electrons. The summed E-state index contributed by atoms with van der Waals surface area (Å²) in [5.41, 5.74) is 0.592. The molecule has 6 nitrogen and oxygen atoms in total. The van der Waals surface area contributed by atoms with Crippen molar-refractivity contribution < 1.29 is 14.7 Å². The first kappa shape index (κ1) is 16.5. The summed E-state index contributed by atoms with van der Waals surface area (Å²) in [6, 6.07) is 7.75. The first-order valence-electron chi connectivity index (χ1n) is 8.36. The van der Waals surface area contributed by atoms with Crippen LogP contribution >= 0.6 is 0 Å². The van der Waals surface area contributed by atoms with Gasteiger partial charge >= 0.3 is 5.97 Å². The average molecular weight is 329 g/mol. The van der Waals surface area contributed by atoms with Crippen LogP contribution in [0, 0.1) is 0 Å². The van der Waals surface area contributed by atoms with Crippen LogP contribution in [0.5, 0.6) is 0 Å². The molecule has 1 heterocycles. The molecule has 1 saturated carbocycles.